The number of ether oxygens (including phenoxy) is 9. The van der Waals surface area contributed by atoms with Crippen LogP contribution in [0.25, 0.3) is 0 Å². The monoisotopic (exact) mass is 853 g/mol. The molecule has 0 heterocycles. The summed E-state index contributed by atoms with van der Waals surface area (Å²) < 4.78 is 50.3. The lowest BCUT2D eigenvalue weighted by Gasteiger charge is -2.14. The van der Waals surface area contributed by atoms with Gasteiger partial charge in [-0.15, -0.1) is 0 Å². The fraction of sp³-hybridized carbons (Fsp3) is 0.837. The summed E-state index contributed by atoms with van der Waals surface area (Å²) in [5.74, 6) is 2.00. The highest BCUT2D eigenvalue weighted by molar-refractivity contribution is 5.69. The van der Waals surface area contributed by atoms with E-state index >= 15 is 0 Å². The Morgan fingerprint density at radius 3 is 1.17 bits per heavy atom. The molecule has 0 fully saturated rings. The van der Waals surface area contributed by atoms with Crippen molar-refractivity contribution in [2.24, 2.45) is 0 Å². The second-order valence-electron chi connectivity index (χ2n) is 15.7. The lowest BCUT2D eigenvalue weighted by molar-refractivity contribution is -0.146. The fourth-order valence-electron chi connectivity index (χ4n) is 6.55. The van der Waals surface area contributed by atoms with Crippen LogP contribution in [0, 0.1) is 0 Å². The minimum absolute atomic E-state index is 0.133. The van der Waals surface area contributed by atoms with E-state index in [-0.39, 0.29) is 11.9 Å². The highest BCUT2D eigenvalue weighted by Gasteiger charge is 2.09. The Hall–Kier alpha value is -2.60. The van der Waals surface area contributed by atoms with Crippen molar-refractivity contribution in [1.29, 1.82) is 0 Å². The van der Waals surface area contributed by atoms with E-state index in [0.717, 1.165) is 108 Å². The first-order valence-corrected chi connectivity index (χ1v) is 24.2. The van der Waals surface area contributed by atoms with Crippen molar-refractivity contribution >= 4 is 11.9 Å². The van der Waals surface area contributed by atoms with Crippen LogP contribution in [0.5, 0.6) is 17.2 Å². The van der Waals surface area contributed by atoms with Crippen LogP contribution in [0.15, 0.2) is 18.2 Å². The second kappa shape index (κ2) is 44.5. The van der Waals surface area contributed by atoms with Gasteiger partial charge in [0.25, 0.3) is 0 Å². The summed E-state index contributed by atoms with van der Waals surface area (Å²) in [6, 6.07) is 5.77. The van der Waals surface area contributed by atoms with E-state index in [1.165, 1.54) is 77.0 Å². The van der Waals surface area contributed by atoms with Gasteiger partial charge in [0.2, 0.25) is 0 Å². The predicted molar refractivity (Wildman–Crippen MR) is 241 cm³/mol. The van der Waals surface area contributed by atoms with Crippen LogP contribution in [-0.4, -0.2) is 98.3 Å². The first kappa shape index (κ1) is 55.4. The van der Waals surface area contributed by atoms with Gasteiger partial charge in [0.15, 0.2) is 11.5 Å². The highest BCUT2D eigenvalue weighted by atomic mass is 16.6. The number of hydrogen-bond acceptors (Lipinski definition) is 11. The van der Waals surface area contributed by atoms with Gasteiger partial charge in [0.1, 0.15) is 19.0 Å². The van der Waals surface area contributed by atoms with Gasteiger partial charge in [-0.2, -0.15) is 0 Å². The molecule has 0 unspecified atom stereocenters. The molecule has 350 valence electrons. The van der Waals surface area contributed by atoms with Crippen LogP contribution < -0.4 is 14.2 Å². The van der Waals surface area contributed by atoms with E-state index in [9.17, 15) is 9.59 Å². The molecule has 0 spiro atoms. The van der Waals surface area contributed by atoms with Crippen LogP contribution in [0.1, 0.15) is 181 Å². The van der Waals surface area contributed by atoms with Crippen LogP contribution in [0.2, 0.25) is 0 Å². The predicted octanol–water partition coefficient (Wildman–Crippen LogP) is 11.8. The quantitative estimate of drug-likeness (QED) is 0.0461. The van der Waals surface area contributed by atoms with Gasteiger partial charge < -0.3 is 42.6 Å². The molecule has 1 aromatic rings. The average molecular weight is 853 g/mol. The van der Waals surface area contributed by atoms with E-state index in [1.54, 1.807) is 7.11 Å². The lowest BCUT2D eigenvalue weighted by atomic mass is 10.1. The molecule has 0 bridgehead atoms. The molecule has 11 nitrogen and oxygen atoms in total. The maximum atomic E-state index is 12.0. The van der Waals surface area contributed by atoms with Crippen molar-refractivity contribution in [1.82, 2.24) is 0 Å². The fourth-order valence-corrected chi connectivity index (χ4v) is 6.55. The molecule has 0 amide bonds. The molecule has 0 saturated heterocycles. The zero-order valence-corrected chi connectivity index (χ0v) is 38.6. The van der Waals surface area contributed by atoms with Crippen LogP contribution >= 0.6 is 0 Å². The molecule has 0 aliphatic rings. The SMILES string of the molecule is CCCCCCOCCOCCOC(=O)CCCCCCCCCCOc1ccc(OC)cc1OCCCCCCCCCCC(=O)OCCOCCOCCCCCC. The molecule has 11 heteroatoms. The molecule has 0 aliphatic heterocycles. The van der Waals surface area contributed by atoms with Crippen molar-refractivity contribution in [2.75, 3.05) is 86.4 Å². The van der Waals surface area contributed by atoms with Gasteiger partial charge >= 0.3 is 11.9 Å². The van der Waals surface area contributed by atoms with Crippen molar-refractivity contribution in [3.05, 3.63) is 18.2 Å². The molecule has 0 N–H and O–H groups in total. The van der Waals surface area contributed by atoms with Gasteiger partial charge in [-0.25, -0.2) is 0 Å². The molecule has 60 heavy (non-hydrogen) atoms. The Balaban J connectivity index is 1.95. The minimum atomic E-state index is -0.133. The molecule has 0 radical (unpaired) electrons. The Morgan fingerprint density at radius 1 is 0.383 bits per heavy atom. The molecular weight excluding hydrogens is 765 g/mol. The Morgan fingerprint density at radius 2 is 0.733 bits per heavy atom. The van der Waals surface area contributed by atoms with Gasteiger partial charge in [-0.1, -0.05) is 129 Å². The van der Waals surface area contributed by atoms with E-state index in [0.29, 0.717) is 78.9 Å². The van der Waals surface area contributed by atoms with Gasteiger partial charge in [-0.3, -0.25) is 9.59 Å². The van der Waals surface area contributed by atoms with Crippen LogP contribution in [-0.2, 0) is 38.0 Å². The number of methoxy groups -OCH3 is 1. The minimum Gasteiger partial charge on any atom is -0.497 e. The Bertz CT molecular complexity index is 1090. The van der Waals surface area contributed by atoms with Crippen LogP contribution in [0.4, 0.5) is 0 Å². The molecule has 0 atom stereocenters. The van der Waals surface area contributed by atoms with Crippen molar-refractivity contribution in [3.63, 3.8) is 0 Å². The van der Waals surface area contributed by atoms with Gasteiger partial charge in [0, 0.05) is 32.1 Å². The topological polar surface area (TPSA) is 117 Å². The molecule has 1 aromatic carbocycles. The van der Waals surface area contributed by atoms with Gasteiger partial charge in [0.05, 0.1) is 60.0 Å². The zero-order valence-electron chi connectivity index (χ0n) is 38.6. The highest BCUT2D eigenvalue weighted by Crippen LogP contribution is 2.32. The average Bonchev–Trinajstić information content (AvgIpc) is 3.25. The van der Waals surface area contributed by atoms with Crippen molar-refractivity contribution < 1.29 is 52.2 Å². The van der Waals surface area contributed by atoms with Crippen LogP contribution in [0.3, 0.4) is 0 Å². The number of hydrogen-bond donors (Lipinski definition) is 0. The standard InChI is InChI=1S/C49H88O11/c1-4-6-8-24-32-53-36-38-55-40-42-59-48(50)28-22-18-14-10-12-16-20-26-34-57-46-31-30-45(52-3)44-47(46)58-35-27-21-17-13-11-15-19-23-29-49(51)60-43-41-56-39-37-54-33-25-9-7-5-2/h30-31,44H,4-29,32-43H2,1-3H3. The molecular formula is C49H88O11. The number of esters is 2. The van der Waals surface area contributed by atoms with Crippen molar-refractivity contribution in [3.8, 4) is 17.2 Å². The maximum Gasteiger partial charge on any atom is 0.305 e. The molecule has 0 aromatic heterocycles. The zero-order chi connectivity index (χ0) is 43.2. The first-order valence-electron chi connectivity index (χ1n) is 24.2. The smallest absolute Gasteiger partial charge is 0.305 e. The van der Waals surface area contributed by atoms with E-state index in [2.05, 4.69) is 13.8 Å². The van der Waals surface area contributed by atoms with E-state index in [4.69, 9.17) is 42.6 Å². The normalized spacial score (nSPS) is 11.2. The second-order valence-corrected chi connectivity index (χ2v) is 15.7. The van der Waals surface area contributed by atoms with Crippen molar-refractivity contribution in [2.45, 2.75) is 181 Å². The number of rotatable bonds is 47. The summed E-state index contributed by atoms with van der Waals surface area (Å²) in [5.41, 5.74) is 0. The van der Waals surface area contributed by atoms with E-state index in [1.807, 2.05) is 18.2 Å². The molecule has 0 aliphatic carbocycles. The lowest BCUT2D eigenvalue weighted by Crippen LogP contribution is -2.13. The Kier molecular flexibility index (Phi) is 41.1. The summed E-state index contributed by atoms with van der Waals surface area (Å²) in [6.07, 6.45) is 28.1. The number of carbonyl (C=O) groups excluding carboxylic acids is 2. The first-order chi connectivity index (χ1) is 29.6. The summed E-state index contributed by atoms with van der Waals surface area (Å²) >= 11 is 0. The Labute approximate surface area is 365 Å². The number of benzene rings is 1. The third-order valence-electron chi connectivity index (χ3n) is 10.2. The maximum absolute atomic E-state index is 12.0. The molecule has 0 saturated carbocycles. The third kappa shape index (κ3) is 37.2. The number of unbranched alkanes of at least 4 members (excludes halogenated alkanes) is 20. The van der Waals surface area contributed by atoms with Gasteiger partial charge in [-0.05, 0) is 50.7 Å². The summed E-state index contributed by atoms with van der Waals surface area (Å²) in [5, 5.41) is 0. The van der Waals surface area contributed by atoms with E-state index < -0.39 is 0 Å². The largest absolute Gasteiger partial charge is 0.497 e. The summed E-state index contributed by atoms with van der Waals surface area (Å²) in [7, 11) is 1.66. The number of carbonyl (C=O) groups is 2. The summed E-state index contributed by atoms with van der Waals surface area (Å²) in [4.78, 5) is 23.9. The summed E-state index contributed by atoms with van der Waals surface area (Å²) in [6.45, 7) is 11.0. The third-order valence-corrected chi connectivity index (χ3v) is 10.2. The molecule has 1 rings (SSSR count).